The van der Waals surface area contributed by atoms with Crippen LogP contribution in [0.4, 0.5) is 0 Å². The first-order valence-corrected chi connectivity index (χ1v) is 4.95. The molecule has 0 unspecified atom stereocenters. The maximum absolute atomic E-state index is 11.5. The SMILES string of the molecule is CC(=CC=C(C)C(=O)OC(C)(C)C)C(=O)O. The molecule has 0 aromatic heterocycles. The molecule has 16 heavy (non-hydrogen) atoms. The Balaban J connectivity index is 4.63. The summed E-state index contributed by atoms with van der Waals surface area (Å²) in [5.74, 6) is -1.45. The van der Waals surface area contributed by atoms with E-state index in [4.69, 9.17) is 9.84 Å². The summed E-state index contributed by atoms with van der Waals surface area (Å²) in [4.78, 5) is 22.0. The number of carbonyl (C=O) groups is 2. The molecule has 0 rings (SSSR count). The summed E-state index contributed by atoms with van der Waals surface area (Å²) in [7, 11) is 0. The highest BCUT2D eigenvalue weighted by Crippen LogP contribution is 2.10. The number of carboxylic acid groups (broad SMARTS) is 1. The zero-order valence-corrected chi connectivity index (χ0v) is 10.3. The molecule has 0 amide bonds. The van der Waals surface area contributed by atoms with Gasteiger partial charge in [-0.15, -0.1) is 0 Å². The van der Waals surface area contributed by atoms with E-state index in [1.165, 1.54) is 19.1 Å². The molecule has 0 atom stereocenters. The summed E-state index contributed by atoms with van der Waals surface area (Å²) in [6.45, 7) is 8.37. The number of esters is 1. The standard InChI is InChI=1S/C12H18O4/c1-8(10(13)14)6-7-9(2)11(15)16-12(3,4)5/h6-7H,1-5H3,(H,13,14). The van der Waals surface area contributed by atoms with Gasteiger partial charge in [0.15, 0.2) is 0 Å². The molecule has 0 aliphatic rings. The van der Waals surface area contributed by atoms with Gasteiger partial charge in [-0.3, -0.25) is 0 Å². The average molecular weight is 226 g/mol. The minimum atomic E-state index is -1.01. The van der Waals surface area contributed by atoms with Crippen molar-refractivity contribution in [3.63, 3.8) is 0 Å². The maximum atomic E-state index is 11.5. The van der Waals surface area contributed by atoms with E-state index in [1.54, 1.807) is 27.7 Å². The molecular formula is C12H18O4. The van der Waals surface area contributed by atoms with Gasteiger partial charge in [-0.25, -0.2) is 9.59 Å². The predicted molar refractivity (Wildman–Crippen MR) is 61.0 cm³/mol. The lowest BCUT2D eigenvalue weighted by Gasteiger charge is -2.19. The summed E-state index contributed by atoms with van der Waals surface area (Å²) in [6.07, 6.45) is 2.82. The first-order chi connectivity index (χ1) is 7.13. The largest absolute Gasteiger partial charge is 0.478 e. The highest BCUT2D eigenvalue weighted by Gasteiger charge is 2.16. The summed E-state index contributed by atoms with van der Waals surface area (Å²) < 4.78 is 5.11. The van der Waals surface area contributed by atoms with E-state index in [0.717, 1.165) is 0 Å². The van der Waals surface area contributed by atoms with Crippen LogP contribution in [0.25, 0.3) is 0 Å². The molecule has 0 radical (unpaired) electrons. The van der Waals surface area contributed by atoms with Gasteiger partial charge in [0, 0.05) is 11.1 Å². The molecule has 0 aliphatic heterocycles. The third kappa shape index (κ3) is 6.01. The number of allylic oxidation sites excluding steroid dienone is 2. The number of hydrogen-bond donors (Lipinski definition) is 1. The minimum Gasteiger partial charge on any atom is -0.478 e. The number of carbonyl (C=O) groups excluding carboxylic acids is 1. The van der Waals surface area contributed by atoms with E-state index in [-0.39, 0.29) is 5.57 Å². The van der Waals surface area contributed by atoms with E-state index < -0.39 is 17.5 Å². The molecule has 0 heterocycles. The number of ether oxygens (including phenoxy) is 1. The zero-order chi connectivity index (χ0) is 12.9. The normalized spacial score (nSPS) is 13.6. The first kappa shape index (κ1) is 14.4. The van der Waals surface area contributed by atoms with Gasteiger partial charge in [-0.05, 0) is 34.6 Å². The van der Waals surface area contributed by atoms with Crippen LogP contribution in [0, 0.1) is 0 Å². The fourth-order valence-corrected chi connectivity index (χ4v) is 0.748. The van der Waals surface area contributed by atoms with Crippen molar-refractivity contribution in [1.82, 2.24) is 0 Å². The Kier molecular flexibility index (Phi) is 4.95. The quantitative estimate of drug-likeness (QED) is 0.455. The second-order valence-corrected chi connectivity index (χ2v) is 4.51. The van der Waals surface area contributed by atoms with Gasteiger partial charge in [0.1, 0.15) is 5.60 Å². The monoisotopic (exact) mass is 226 g/mol. The fraction of sp³-hybridized carbons (Fsp3) is 0.500. The van der Waals surface area contributed by atoms with E-state index in [0.29, 0.717) is 5.57 Å². The van der Waals surface area contributed by atoms with E-state index in [1.807, 2.05) is 0 Å². The molecule has 0 aromatic rings. The maximum Gasteiger partial charge on any atom is 0.334 e. The lowest BCUT2D eigenvalue weighted by Crippen LogP contribution is -2.24. The number of carboxylic acids is 1. The topological polar surface area (TPSA) is 63.6 Å². The third-order valence-corrected chi connectivity index (χ3v) is 1.64. The van der Waals surface area contributed by atoms with Crippen molar-refractivity contribution >= 4 is 11.9 Å². The van der Waals surface area contributed by atoms with Crippen LogP contribution in [0.2, 0.25) is 0 Å². The number of aliphatic carboxylic acids is 1. The van der Waals surface area contributed by atoms with Crippen molar-refractivity contribution in [3.8, 4) is 0 Å². The highest BCUT2D eigenvalue weighted by atomic mass is 16.6. The highest BCUT2D eigenvalue weighted by molar-refractivity contribution is 5.90. The lowest BCUT2D eigenvalue weighted by atomic mass is 10.2. The van der Waals surface area contributed by atoms with Crippen LogP contribution in [0.5, 0.6) is 0 Å². The van der Waals surface area contributed by atoms with Crippen LogP contribution in [0.3, 0.4) is 0 Å². The minimum absolute atomic E-state index is 0.169. The molecular weight excluding hydrogens is 208 g/mol. The van der Waals surface area contributed by atoms with Crippen LogP contribution < -0.4 is 0 Å². The van der Waals surface area contributed by atoms with Gasteiger partial charge in [-0.1, -0.05) is 12.2 Å². The Morgan fingerprint density at radius 1 is 1.06 bits per heavy atom. The van der Waals surface area contributed by atoms with Crippen molar-refractivity contribution in [2.75, 3.05) is 0 Å². The van der Waals surface area contributed by atoms with Crippen molar-refractivity contribution in [3.05, 3.63) is 23.3 Å². The summed E-state index contributed by atoms with van der Waals surface area (Å²) in [5, 5.41) is 8.61. The Hall–Kier alpha value is -1.58. The second-order valence-electron chi connectivity index (χ2n) is 4.51. The van der Waals surface area contributed by atoms with E-state index in [9.17, 15) is 9.59 Å². The van der Waals surface area contributed by atoms with Crippen LogP contribution in [0.1, 0.15) is 34.6 Å². The van der Waals surface area contributed by atoms with Gasteiger partial charge in [-0.2, -0.15) is 0 Å². The molecule has 1 N–H and O–H groups in total. The van der Waals surface area contributed by atoms with Gasteiger partial charge >= 0.3 is 11.9 Å². The van der Waals surface area contributed by atoms with E-state index in [2.05, 4.69) is 0 Å². The van der Waals surface area contributed by atoms with Crippen LogP contribution >= 0.6 is 0 Å². The Bertz CT molecular complexity index is 343. The van der Waals surface area contributed by atoms with E-state index >= 15 is 0 Å². The van der Waals surface area contributed by atoms with Crippen LogP contribution in [-0.2, 0) is 14.3 Å². The summed E-state index contributed by atoms with van der Waals surface area (Å²) in [5.41, 5.74) is -0.00369. The van der Waals surface area contributed by atoms with Gasteiger partial charge < -0.3 is 9.84 Å². The molecule has 90 valence electrons. The van der Waals surface area contributed by atoms with Crippen molar-refractivity contribution in [2.24, 2.45) is 0 Å². The van der Waals surface area contributed by atoms with Gasteiger partial charge in [0.25, 0.3) is 0 Å². The van der Waals surface area contributed by atoms with Crippen molar-refractivity contribution < 1.29 is 19.4 Å². The molecule has 4 nitrogen and oxygen atoms in total. The Labute approximate surface area is 95.6 Å². The summed E-state index contributed by atoms with van der Waals surface area (Å²) >= 11 is 0. The second kappa shape index (κ2) is 5.49. The smallest absolute Gasteiger partial charge is 0.334 e. The molecule has 0 aliphatic carbocycles. The molecule has 4 heteroatoms. The zero-order valence-electron chi connectivity index (χ0n) is 10.3. The number of rotatable bonds is 3. The molecule has 0 saturated heterocycles. The number of hydrogen-bond acceptors (Lipinski definition) is 3. The Morgan fingerprint density at radius 2 is 1.50 bits per heavy atom. The molecule has 0 bridgehead atoms. The lowest BCUT2D eigenvalue weighted by molar-refractivity contribution is -0.149. The predicted octanol–water partition coefficient (Wildman–Crippen LogP) is 2.31. The van der Waals surface area contributed by atoms with Gasteiger partial charge in [0.05, 0.1) is 0 Å². The average Bonchev–Trinajstić information content (AvgIpc) is 2.10. The van der Waals surface area contributed by atoms with Crippen molar-refractivity contribution in [2.45, 2.75) is 40.2 Å². The molecule has 0 spiro atoms. The Morgan fingerprint density at radius 3 is 1.88 bits per heavy atom. The molecule has 0 aromatic carbocycles. The molecule has 0 fully saturated rings. The van der Waals surface area contributed by atoms with Crippen molar-refractivity contribution in [1.29, 1.82) is 0 Å². The van der Waals surface area contributed by atoms with Gasteiger partial charge in [0.2, 0.25) is 0 Å². The van der Waals surface area contributed by atoms with Crippen LogP contribution in [0.15, 0.2) is 23.3 Å². The molecule has 0 saturated carbocycles. The van der Waals surface area contributed by atoms with Crippen LogP contribution in [-0.4, -0.2) is 22.6 Å². The first-order valence-electron chi connectivity index (χ1n) is 4.95. The third-order valence-electron chi connectivity index (χ3n) is 1.64. The fourth-order valence-electron chi connectivity index (χ4n) is 0.748. The summed E-state index contributed by atoms with van der Waals surface area (Å²) in [6, 6.07) is 0.